The van der Waals surface area contributed by atoms with Gasteiger partial charge in [0.1, 0.15) is 0 Å². The van der Waals surface area contributed by atoms with Crippen LogP contribution in [0.1, 0.15) is 44.2 Å². The normalized spacial score (nSPS) is 22.9. The van der Waals surface area contributed by atoms with Crippen LogP contribution in [0, 0.1) is 0 Å². The maximum absolute atomic E-state index is 5.95. The molecule has 1 fully saturated rings. The third-order valence-electron chi connectivity index (χ3n) is 4.02. The van der Waals surface area contributed by atoms with Crippen LogP contribution >= 0.6 is 11.6 Å². The van der Waals surface area contributed by atoms with Crippen LogP contribution < -0.4 is 5.73 Å². The first-order valence-corrected chi connectivity index (χ1v) is 7.31. The third-order valence-corrected chi connectivity index (χ3v) is 4.27. The predicted octanol–water partition coefficient (Wildman–Crippen LogP) is 3.60. The van der Waals surface area contributed by atoms with Crippen LogP contribution in [0.3, 0.4) is 0 Å². The van der Waals surface area contributed by atoms with E-state index in [1.165, 1.54) is 31.4 Å². The summed E-state index contributed by atoms with van der Waals surface area (Å²) in [6.07, 6.45) is 5.04. The van der Waals surface area contributed by atoms with Crippen LogP contribution in [0.4, 0.5) is 0 Å². The Morgan fingerprint density at radius 3 is 2.72 bits per heavy atom. The number of nitrogens with two attached hydrogens (primary N) is 1. The summed E-state index contributed by atoms with van der Waals surface area (Å²) in [6.45, 7) is 4.26. The fourth-order valence-electron chi connectivity index (χ4n) is 2.97. The fourth-order valence-corrected chi connectivity index (χ4v) is 3.09. The number of hydrogen-bond acceptors (Lipinski definition) is 2. The monoisotopic (exact) mass is 266 g/mol. The number of rotatable bonds is 4. The van der Waals surface area contributed by atoms with Crippen LogP contribution in [0.5, 0.6) is 0 Å². The Balaban J connectivity index is 2.09. The zero-order valence-corrected chi connectivity index (χ0v) is 11.9. The van der Waals surface area contributed by atoms with Crippen LogP contribution in [-0.2, 0) is 0 Å². The number of hydrogen-bond donors (Lipinski definition) is 1. The molecule has 0 saturated carbocycles. The number of likely N-dealkylation sites (tertiary alicyclic amines) is 1. The zero-order chi connectivity index (χ0) is 13.0. The molecule has 2 nitrogen and oxygen atoms in total. The van der Waals surface area contributed by atoms with Gasteiger partial charge in [-0.1, -0.05) is 30.2 Å². The summed E-state index contributed by atoms with van der Waals surface area (Å²) in [5, 5.41) is 0.808. The van der Waals surface area contributed by atoms with Crippen LogP contribution in [0.25, 0.3) is 0 Å². The molecule has 0 spiro atoms. The van der Waals surface area contributed by atoms with Gasteiger partial charge in [-0.25, -0.2) is 0 Å². The molecule has 1 heterocycles. The van der Waals surface area contributed by atoms with Crippen molar-refractivity contribution in [1.82, 2.24) is 4.90 Å². The molecule has 1 aliphatic rings. The van der Waals surface area contributed by atoms with E-state index in [9.17, 15) is 0 Å². The summed E-state index contributed by atoms with van der Waals surface area (Å²) < 4.78 is 0. The molecular formula is C15H23ClN2. The summed E-state index contributed by atoms with van der Waals surface area (Å²) in [4.78, 5) is 2.61. The minimum Gasteiger partial charge on any atom is -0.330 e. The van der Waals surface area contributed by atoms with Gasteiger partial charge >= 0.3 is 0 Å². The maximum atomic E-state index is 5.95. The van der Waals surface area contributed by atoms with E-state index in [1.54, 1.807) is 0 Å². The predicted molar refractivity (Wildman–Crippen MR) is 77.9 cm³/mol. The summed E-state index contributed by atoms with van der Waals surface area (Å²) in [5.41, 5.74) is 7.09. The number of benzene rings is 1. The Bertz CT molecular complexity index is 361. The minimum absolute atomic E-state index is 0.458. The van der Waals surface area contributed by atoms with Gasteiger partial charge in [0.25, 0.3) is 0 Å². The van der Waals surface area contributed by atoms with Gasteiger partial charge < -0.3 is 5.73 Å². The first-order chi connectivity index (χ1) is 8.72. The Morgan fingerprint density at radius 1 is 1.33 bits per heavy atom. The SMILES string of the molecule is CC(c1ccc(Cl)cc1)N1CCCCC1CCN. The maximum Gasteiger partial charge on any atom is 0.0406 e. The van der Waals surface area contributed by atoms with Crippen molar-refractivity contribution in [3.8, 4) is 0 Å². The molecule has 1 aliphatic heterocycles. The van der Waals surface area contributed by atoms with E-state index < -0.39 is 0 Å². The van der Waals surface area contributed by atoms with E-state index in [0.29, 0.717) is 12.1 Å². The van der Waals surface area contributed by atoms with Crippen molar-refractivity contribution < 1.29 is 0 Å². The highest BCUT2D eigenvalue weighted by Crippen LogP contribution is 2.30. The molecule has 1 aromatic carbocycles. The highest BCUT2D eigenvalue weighted by atomic mass is 35.5. The minimum atomic E-state index is 0.458. The lowest BCUT2D eigenvalue weighted by atomic mass is 9.95. The van der Waals surface area contributed by atoms with E-state index in [-0.39, 0.29) is 0 Å². The van der Waals surface area contributed by atoms with Crippen molar-refractivity contribution >= 4 is 11.6 Å². The van der Waals surface area contributed by atoms with Gasteiger partial charge in [-0.2, -0.15) is 0 Å². The molecule has 0 aliphatic carbocycles. The van der Waals surface area contributed by atoms with E-state index in [0.717, 1.165) is 18.0 Å². The van der Waals surface area contributed by atoms with Crippen molar-refractivity contribution in [2.45, 2.75) is 44.7 Å². The van der Waals surface area contributed by atoms with Gasteiger partial charge in [-0.05, 0) is 57.0 Å². The van der Waals surface area contributed by atoms with Gasteiger partial charge in [-0.15, -0.1) is 0 Å². The topological polar surface area (TPSA) is 29.3 Å². The largest absolute Gasteiger partial charge is 0.330 e. The average molecular weight is 267 g/mol. The zero-order valence-electron chi connectivity index (χ0n) is 11.1. The number of piperidine rings is 1. The van der Waals surface area contributed by atoms with E-state index in [2.05, 4.69) is 24.0 Å². The van der Waals surface area contributed by atoms with Crippen LogP contribution in [0.2, 0.25) is 5.02 Å². The molecule has 2 N–H and O–H groups in total. The van der Waals surface area contributed by atoms with Gasteiger partial charge in [0.15, 0.2) is 0 Å². The summed E-state index contributed by atoms with van der Waals surface area (Å²) in [7, 11) is 0. The Labute approximate surface area is 115 Å². The molecule has 0 radical (unpaired) electrons. The van der Waals surface area contributed by atoms with Gasteiger partial charge in [-0.3, -0.25) is 4.90 Å². The van der Waals surface area contributed by atoms with Crippen LogP contribution in [0.15, 0.2) is 24.3 Å². The van der Waals surface area contributed by atoms with E-state index in [4.69, 9.17) is 17.3 Å². The van der Waals surface area contributed by atoms with Crippen molar-refractivity contribution in [1.29, 1.82) is 0 Å². The standard InChI is InChI=1S/C15H23ClN2/c1-12(13-5-7-14(16)8-6-13)18-11-3-2-4-15(18)9-10-17/h5-8,12,15H,2-4,9-11,17H2,1H3. The fraction of sp³-hybridized carbons (Fsp3) is 0.600. The lowest BCUT2D eigenvalue weighted by Crippen LogP contribution is -2.42. The summed E-state index contributed by atoms with van der Waals surface area (Å²) >= 11 is 5.95. The average Bonchev–Trinajstić information content (AvgIpc) is 2.40. The third kappa shape index (κ3) is 3.25. The van der Waals surface area contributed by atoms with Gasteiger partial charge in [0.2, 0.25) is 0 Å². The van der Waals surface area contributed by atoms with Gasteiger partial charge in [0, 0.05) is 17.1 Å². The highest BCUT2D eigenvalue weighted by Gasteiger charge is 2.26. The highest BCUT2D eigenvalue weighted by molar-refractivity contribution is 6.30. The number of halogens is 1. The quantitative estimate of drug-likeness (QED) is 0.902. The summed E-state index contributed by atoms with van der Waals surface area (Å²) in [5.74, 6) is 0. The van der Waals surface area contributed by atoms with Crippen molar-refractivity contribution in [2.24, 2.45) is 5.73 Å². The van der Waals surface area contributed by atoms with Crippen molar-refractivity contribution in [3.63, 3.8) is 0 Å². The molecule has 2 unspecified atom stereocenters. The molecule has 1 aromatic rings. The second kappa shape index (κ2) is 6.55. The first-order valence-electron chi connectivity index (χ1n) is 6.93. The second-order valence-corrected chi connectivity index (χ2v) is 5.63. The van der Waals surface area contributed by atoms with Crippen LogP contribution in [-0.4, -0.2) is 24.0 Å². The molecule has 18 heavy (non-hydrogen) atoms. The molecule has 0 aromatic heterocycles. The lowest BCUT2D eigenvalue weighted by Gasteiger charge is -2.40. The van der Waals surface area contributed by atoms with E-state index >= 15 is 0 Å². The molecule has 2 atom stereocenters. The van der Waals surface area contributed by atoms with E-state index in [1.807, 2.05) is 12.1 Å². The Morgan fingerprint density at radius 2 is 2.06 bits per heavy atom. The smallest absolute Gasteiger partial charge is 0.0406 e. The Kier molecular flexibility index (Phi) is 5.04. The van der Waals surface area contributed by atoms with Crippen molar-refractivity contribution in [3.05, 3.63) is 34.9 Å². The molecule has 100 valence electrons. The number of nitrogens with zero attached hydrogens (tertiary/aromatic N) is 1. The first kappa shape index (κ1) is 13.9. The molecule has 0 amide bonds. The molecule has 3 heteroatoms. The molecule has 1 saturated heterocycles. The molecule has 2 rings (SSSR count). The van der Waals surface area contributed by atoms with Crippen molar-refractivity contribution in [2.75, 3.05) is 13.1 Å². The summed E-state index contributed by atoms with van der Waals surface area (Å²) in [6, 6.07) is 9.35. The molecular weight excluding hydrogens is 244 g/mol. The molecule has 0 bridgehead atoms. The van der Waals surface area contributed by atoms with Gasteiger partial charge in [0.05, 0.1) is 0 Å². The second-order valence-electron chi connectivity index (χ2n) is 5.19. The lowest BCUT2D eigenvalue weighted by molar-refractivity contribution is 0.0984. The Hall–Kier alpha value is -0.570.